The fourth-order valence-electron chi connectivity index (χ4n) is 1.39. The Hall–Kier alpha value is -1.62. The fourth-order valence-corrected chi connectivity index (χ4v) is 1.39. The maximum atomic E-state index is 11.8. The van der Waals surface area contributed by atoms with Gasteiger partial charge >= 0.3 is 0 Å². The van der Waals surface area contributed by atoms with Crippen molar-refractivity contribution in [1.29, 1.82) is 0 Å². The molecule has 17 heavy (non-hydrogen) atoms. The maximum Gasteiger partial charge on any atom is 0.280 e. The number of carbonyl (C=O) groups is 1. The zero-order valence-electron chi connectivity index (χ0n) is 10.8. The van der Waals surface area contributed by atoms with Crippen molar-refractivity contribution in [3.63, 3.8) is 0 Å². The Balaban J connectivity index is 2.94. The molecule has 1 rings (SSSR count). The molecule has 0 fully saturated rings. The monoisotopic (exact) mass is 238 g/mol. The molecule has 0 aliphatic heterocycles. The van der Waals surface area contributed by atoms with E-state index in [1.54, 1.807) is 40.7 Å². The second-order valence-corrected chi connectivity index (χ2v) is 4.99. The number of amides is 1. The molecule has 0 radical (unpaired) electrons. The minimum atomic E-state index is -0.529. The van der Waals surface area contributed by atoms with Crippen LogP contribution in [0.3, 0.4) is 0 Å². The van der Waals surface area contributed by atoms with Crippen LogP contribution >= 0.6 is 0 Å². The van der Waals surface area contributed by atoms with Gasteiger partial charge in [-0.15, -0.1) is 0 Å². The van der Waals surface area contributed by atoms with Gasteiger partial charge in [0.25, 0.3) is 11.5 Å². The molecule has 5 nitrogen and oxygen atoms in total. The summed E-state index contributed by atoms with van der Waals surface area (Å²) in [7, 11) is 0. The van der Waals surface area contributed by atoms with E-state index >= 15 is 0 Å². The van der Waals surface area contributed by atoms with E-state index < -0.39 is 17.1 Å². The highest BCUT2D eigenvalue weighted by Gasteiger charge is 2.18. The summed E-state index contributed by atoms with van der Waals surface area (Å²) in [5.41, 5.74) is 2.81. The summed E-state index contributed by atoms with van der Waals surface area (Å²) in [6.07, 6.45) is 0. The number of hydroxylamine groups is 1. The lowest BCUT2D eigenvalue weighted by molar-refractivity contribution is -0.0590. The fraction of sp³-hybridized carbons (Fsp3) is 0.500. The van der Waals surface area contributed by atoms with E-state index in [0.29, 0.717) is 5.56 Å². The van der Waals surface area contributed by atoms with Crippen molar-refractivity contribution in [1.82, 2.24) is 10.5 Å². The topological polar surface area (TPSA) is 71.2 Å². The summed E-state index contributed by atoms with van der Waals surface area (Å²) in [5, 5.41) is 0. The SMILES string of the molecule is Cc1cc(C)c(C(=O)NOC(C)(C)C)c(=O)[nH]1. The van der Waals surface area contributed by atoms with Crippen LogP contribution in [0.5, 0.6) is 0 Å². The van der Waals surface area contributed by atoms with E-state index in [1.807, 2.05) is 0 Å². The third kappa shape index (κ3) is 3.71. The minimum Gasteiger partial charge on any atom is -0.326 e. The summed E-state index contributed by atoms with van der Waals surface area (Å²) in [6.45, 7) is 8.90. The van der Waals surface area contributed by atoms with Crippen molar-refractivity contribution < 1.29 is 9.63 Å². The quantitative estimate of drug-likeness (QED) is 0.766. The van der Waals surface area contributed by atoms with Gasteiger partial charge in [0.2, 0.25) is 0 Å². The van der Waals surface area contributed by atoms with Gasteiger partial charge in [0, 0.05) is 5.69 Å². The average Bonchev–Trinajstić information content (AvgIpc) is 2.11. The van der Waals surface area contributed by atoms with Gasteiger partial charge in [-0.25, -0.2) is 5.48 Å². The van der Waals surface area contributed by atoms with Crippen molar-refractivity contribution in [3.05, 3.63) is 33.2 Å². The summed E-state index contributed by atoms with van der Waals surface area (Å²) in [4.78, 5) is 31.2. The van der Waals surface area contributed by atoms with Crippen molar-refractivity contribution in [3.8, 4) is 0 Å². The lowest BCUT2D eigenvalue weighted by Gasteiger charge is -2.19. The second kappa shape index (κ2) is 4.71. The zero-order valence-corrected chi connectivity index (χ0v) is 10.8. The molecule has 0 saturated carbocycles. The Bertz CT molecular complexity index is 484. The Kier molecular flexibility index (Phi) is 3.72. The number of hydrogen-bond acceptors (Lipinski definition) is 3. The Morgan fingerprint density at radius 1 is 1.35 bits per heavy atom. The van der Waals surface area contributed by atoms with Gasteiger partial charge in [-0.1, -0.05) is 0 Å². The van der Waals surface area contributed by atoms with Crippen LogP contribution in [0, 0.1) is 13.8 Å². The molecular formula is C12H18N2O3. The lowest BCUT2D eigenvalue weighted by Crippen LogP contribution is -2.36. The maximum absolute atomic E-state index is 11.8. The smallest absolute Gasteiger partial charge is 0.280 e. The van der Waals surface area contributed by atoms with Crippen LogP contribution in [0.1, 0.15) is 42.4 Å². The first kappa shape index (κ1) is 13.4. The molecule has 1 amide bonds. The summed E-state index contributed by atoms with van der Waals surface area (Å²) in [6, 6.07) is 1.74. The number of rotatable bonds is 2. The predicted octanol–water partition coefficient (Wildman–Crippen LogP) is 1.45. The molecule has 1 aromatic rings. The van der Waals surface area contributed by atoms with Gasteiger partial charge < -0.3 is 4.98 Å². The number of carbonyl (C=O) groups excluding carboxylic acids is 1. The molecule has 94 valence electrons. The van der Waals surface area contributed by atoms with Crippen molar-refractivity contribution >= 4 is 5.91 Å². The largest absolute Gasteiger partial charge is 0.326 e. The van der Waals surface area contributed by atoms with Crippen LogP contribution in [0.4, 0.5) is 0 Å². The van der Waals surface area contributed by atoms with Crippen LogP contribution in [0.2, 0.25) is 0 Å². The molecule has 0 atom stereocenters. The normalized spacial score (nSPS) is 11.4. The highest BCUT2D eigenvalue weighted by atomic mass is 16.7. The van der Waals surface area contributed by atoms with Gasteiger partial charge in [0.1, 0.15) is 5.56 Å². The third-order valence-corrected chi connectivity index (χ3v) is 2.04. The molecule has 5 heteroatoms. The lowest BCUT2D eigenvalue weighted by atomic mass is 10.1. The molecule has 1 heterocycles. The molecular weight excluding hydrogens is 220 g/mol. The zero-order chi connectivity index (χ0) is 13.2. The van der Waals surface area contributed by atoms with Gasteiger partial charge in [-0.2, -0.15) is 0 Å². The number of pyridine rings is 1. The molecule has 0 aliphatic rings. The van der Waals surface area contributed by atoms with Crippen LogP contribution in [0.25, 0.3) is 0 Å². The van der Waals surface area contributed by atoms with Crippen molar-refractivity contribution in [2.75, 3.05) is 0 Å². The summed E-state index contributed by atoms with van der Waals surface area (Å²) < 4.78 is 0. The number of aromatic amines is 1. The average molecular weight is 238 g/mol. The van der Waals surface area contributed by atoms with Crippen LogP contribution in [0.15, 0.2) is 10.9 Å². The van der Waals surface area contributed by atoms with Gasteiger partial charge in [-0.3, -0.25) is 14.4 Å². The molecule has 0 saturated heterocycles. The van der Waals surface area contributed by atoms with E-state index in [-0.39, 0.29) is 5.56 Å². The van der Waals surface area contributed by atoms with Crippen LogP contribution in [-0.4, -0.2) is 16.5 Å². The standard InChI is InChI=1S/C12H18N2O3/c1-7-6-8(2)13-10(15)9(7)11(16)14-17-12(3,4)5/h6H,1-5H3,(H,13,15)(H,14,16). The van der Waals surface area contributed by atoms with E-state index in [1.165, 1.54) is 0 Å². The third-order valence-electron chi connectivity index (χ3n) is 2.04. The van der Waals surface area contributed by atoms with Gasteiger partial charge in [-0.05, 0) is 46.2 Å². The number of aryl methyl sites for hydroxylation is 2. The van der Waals surface area contributed by atoms with Crippen LogP contribution in [-0.2, 0) is 4.84 Å². The summed E-state index contributed by atoms with van der Waals surface area (Å²) in [5.74, 6) is -0.529. The summed E-state index contributed by atoms with van der Waals surface area (Å²) >= 11 is 0. The van der Waals surface area contributed by atoms with E-state index in [9.17, 15) is 9.59 Å². The Labute approximate surface area is 100 Å². The number of H-pyrrole nitrogens is 1. The molecule has 0 spiro atoms. The van der Waals surface area contributed by atoms with Crippen molar-refractivity contribution in [2.24, 2.45) is 0 Å². The highest BCUT2D eigenvalue weighted by molar-refractivity contribution is 5.94. The first-order valence-electron chi connectivity index (χ1n) is 5.39. The molecule has 2 N–H and O–H groups in total. The Morgan fingerprint density at radius 2 is 1.94 bits per heavy atom. The molecule has 1 aromatic heterocycles. The van der Waals surface area contributed by atoms with E-state index in [0.717, 1.165) is 5.69 Å². The number of nitrogens with one attached hydrogen (secondary N) is 2. The highest BCUT2D eigenvalue weighted by Crippen LogP contribution is 2.06. The first-order chi connectivity index (χ1) is 7.70. The predicted molar refractivity (Wildman–Crippen MR) is 64.8 cm³/mol. The minimum absolute atomic E-state index is 0.0832. The molecule has 0 bridgehead atoms. The first-order valence-corrected chi connectivity index (χ1v) is 5.39. The van der Waals surface area contributed by atoms with E-state index in [4.69, 9.17) is 4.84 Å². The molecule has 0 aliphatic carbocycles. The van der Waals surface area contributed by atoms with Gasteiger partial charge in [0.05, 0.1) is 5.60 Å². The Morgan fingerprint density at radius 3 is 2.41 bits per heavy atom. The van der Waals surface area contributed by atoms with Crippen molar-refractivity contribution in [2.45, 2.75) is 40.2 Å². The number of hydrogen-bond donors (Lipinski definition) is 2. The number of aromatic nitrogens is 1. The molecule has 0 aromatic carbocycles. The van der Waals surface area contributed by atoms with Gasteiger partial charge in [0.15, 0.2) is 0 Å². The van der Waals surface area contributed by atoms with Crippen LogP contribution < -0.4 is 11.0 Å². The van der Waals surface area contributed by atoms with E-state index in [2.05, 4.69) is 10.5 Å². The second-order valence-electron chi connectivity index (χ2n) is 4.99. The molecule has 0 unspecified atom stereocenters.